The highest BCUT2D eigenvalue weighted by Crippen LogP contribution is 2.49. The monoisotopic (exact) mass is 400 g/mol. The second-order valence-corrected chi connectivity index (χ2v) is 8.07. The van der Waals surface area contributed by atoms with Gasteiger partial charge in [-0.25, -0.2) is 4.79 Å². The number of hydrogen-bond donors (Lipinski definition) is 1. The van der Waals surface area contributed by atoms with Crippen LogP contribution in [0, 0.1) is 5.92 Å². The van der Waals surface area contributed by atoms with Crippen molar-refractivity contribution >= 4 is 11.9 Å². The molecule has 3 aliphatic rings. The molecule has 6 nitrogen and oxygen atoms in total. The number of carbonyl (C=O) groups is 2. The van der Waals surface area contributed by atoms with Gasteiger partial charge in [-0.05, 0) is 63.8 Å². The number of rotatable bonds is 1. The molecule has 2 saturated heterocycles. The summed E-state index contributed by atoms with van der Waals surface area (Å²) in [6.45, 7) is 9.50. The Kier molecular flexibility index (Phi) is 6.13. The van der Waals surface area contributed by atoms with E-state index in [9.17, 15) is 9.59 Å². The van der Waals surface area contributed by atoms with Gasteiger partial charge in [-0.3, -0.25) is 4.79 Å². The number of phenols is 1. The summed E-state index contributed by atoms with van der Waals surface area (Å²) in [7, 11) is 0. The third kappa shape index (κ3) is 5.07. The van der Waals surface area contributed by atoms with Gasteiger partial charge in [-0.1, -0.05) is 18.2 Å². The highest BCUT2D eigenvalue weighted by atomic mass is 16.6. The van der Waals surface area contributed by atoms with E-state index < -0.39 is 0 Å². The lowest BCUT2D eigenvalue weighted by Crippen LogP contribution is -2.28. The Balaban J connectivity index is 0.000000188. The van der Waals surface area contributed by atoms with Gasteiger partial charge in [-0.15, -0.1) is 0 Å². The second-order valence-electron chi connectivity index (χ2n) is 8.07. The molecule has 0 saturated carbocycles. The molecule has 156 valence electrons. The Hall–Kier alpha value is -2.60. The number of esters is 2. The van der Waals surface area contributed by atoms with E-state index in [4.69, 9.17) is 19.3 Å². The number of allylic oxidation sites excluding steroid dienone is 2. The number of benzene rings is 1. The molecule has 1 aromatic rings. The van der Waals surface area contributed by atoms with E-state index in [1.807, 2.05) is 0 Å². The van der Waals surface area contributed by atoms with E-state index in [0.29, 0.717) is 11.3 Å². The van der Waals surface area contributed by atoms with Crippen molar-refractivity contribution in [2.75, 3.05) is 0 Å². The van der Waals surface area contributed by atoms with Crippen LogP contribution in [0.25, 0.3) is 0 Å². The Bertz CT molecular complexity index is 824. The summed E-state index contributed by atoms with van der Waals surface area (Å²) >= 11 is 0. The van der Waals surface area contributed by atoms with Crippen LogP contribution in [0.3, 0.4) is 0 Å². The summed E-state index contributed by atoms with van der Waals surface area (Å²) in [5, 5.41) is 8.85. The van der Waals surface area contributed by atoms with Gasteiger partial charge >= 0.3 is 11.9 Å². The Morgan fingerprint density at radius 2 is 2.00 bits per heavy atom. The number of hydrogen-bond acceptors (Lipinski definition) is 6. The number of ether oxygens (including phenoxy) is 3. The SMILES string of the molecule is C=C1C(=O)OC2C1CCC(C)=CCCC1(C)OC21.CC(=O)Oc1ccc(O)cc1. The number of aromatic hydroxyl groups is 1. The first kappa shape index (κ1) is 21.1. The summed E-state index contributed by atoms with van der Waals surface area (Å²) in [6, 6.07) is 5.96. The van der Waals surface area contributed by atoms with E-state index >= 15 is 0 Å². The lowest BCUT2D eigenvalue weighted by molar-refractivity contribution is -0.140. The lowest BCUT2D eigenvalue weighted by Gasteiger charge is -2.19. The molecule has 4 atom stereocenters. The van der Waals surface area contributed by atoms with Crippen molar-refractivity contribution in [1.29, 1.82) is 0 Å². The quantitative estimate of drug-likeness (QED) is 0.251. The molecule has 0 amide bonds. The smallest absolute Gasteiger partial charge is 0.334 e. The van der Waals surface area contributed by atoms with Crippen LogP contribution in [-0.4, -0.2) is 34.9 Å². The summed E-state index contributed by atoms with van der Waals surface area (Å²) in [5.41, 5.74) is 1.91. The van der Waals surface area contributed by atoms with E-state index in [0.717, 1.165) is 25.7 Å². The minimum absolute atomic E-state index is 0.0671. The first-order chi connectivity index (χ1) is 13.7. The van der Waals surface area contributed by atoms with Gasteiger partial charge in [0.25, 0.3) is 0 Å². The van der Waals surface area contributed by atoms with Gasteiger partial charge in [0, 0.05) is 18.4 Å². The van der Waals surface area contributed by atoms with Crippen LogP contribution >= 0.6 is 0 Å². The maximum absolute atomic E-state index is 11.7. The van der Waals surface area contributed by atoms with Crippen LogP contribution in [0.15, 0.2) is 48.1 Å². The second kappa shape index (κ2) is 8.41. The fourth-order valence-corrected chi connectivity index (χ4v) is 3.88. The summed E-state index contributed by atoms with van der Waals surface area (Å²) in [4.78, 5) is 22.1. The summed E-state index contributed by atoms with van der Waals surface area (Å²) in [6.07, 6.45) is 6.25. The number of fused-ring (bicyclic) bond motifs is 3. The van der Waals surface area contributed by atoms with Crippen molar-refractivity contribution in [2.45, 2.75) is 64.3 Å². The average molecular weight is 400 g/mol. The zero-order chi connectivity index (χ0) is 21.2. The van der Waals surface area contributed by atoms with Crippen LogP contribution in [0.2, 0.25) is 0 Å². The van der Waals surface area contributed by atoms with E-state index in [-0.39, 0.29) is 41.4 Å². The van der Waals surface area contributed by atoms with Gasteiger partial charge < -0.3 is 19.3 Å². The van der Waals surface area contributed by atoms with Gasteiger partial charge in [0.1, 0.15) is 23.7 Å². The third-order valence-corrected chi connectivity index (χ3v) is 5.67. The molecule has 0 spiro atoms. The minimum atomic E-state index is -0.365. The molecular formula is C23H28O6. The molecule has 2 heterocycles. The molecule has 29 heavy (non-hydrogen) atoms. The maximum atomic E-state index is 11.7. The molecule has 4 rings (SSSR count). The summed E-state index contributed by atoms with van der Waals surface area (Å²) < 4.78 is 16.0. The molecule has 1 N–H and O–H groups in total. The van der Waals surface area contributed by atoms with Crippen LogP contribution in [-0.2, 0) is 19.1 Å². The lowest BCUT2D eigenvalue weighted by atomic mass is 9.84. The van der Waals surface area contributed by atoms with Crippen LogP contribution in [0.5, 0.6) is 11.5 Å². The van der Waals surface area contributed by atoms with Gasteiger partial charge in [0.05, 0.1) is 5.60 Å². The zero-order valence-electron chi connectivity index (χ0n) is 17.1. The molecule has 2 aliphatic heterocycles. The topological polar surface area (TPSA) is 85.4 Å². The Morgan fingerprint density at radius 1 is 1.31 bits per heavy atom. The highest BCUT2D eigenvalue weighted by molar-refractivity contribution is 5.91. The first-order valence-electron chi connectivity index (χ1n) is 9.90. The van der Waals surface area contributed by atoms with Gasteiger partial charge in [0.2, 0.25) is 0 Å². The van der Waals surface area contributed by atoms with E-state index in [1.165, 1.54) is 36.8 Å². The van der Waals surface area contributed by atoms with Crippen LogP contribution < -0.4 is 4.74 Å². The van der Waals surface area contributed by atoms with Crippen molar-refractivity contribution in [1.82, 2.24) is 0 Å². The van der Waals surface area contributed by atoms with Gasteiger partial charge in [0.15, 0.2) is 0 Å². The molecule has 0 radical (unpaired) electrons. The minimum Gasteiger partial charge on any atom is -0.508 e. The van der Waals surface area contributed by atoms with Crippen molar-refractivity contribution in [3.8, 4) is 11.5 Å². The molecule has 6 heteroatoms. The third-order valence-electron chi connectivity index (χ3n) is 5.67. The maximum Gasteiger partial charge on any atom is 0.334 e. The number of epoxide rings is 1. The predicted molar refractivity (Wildman–Crippen MR) is 107 cm³/mol. The van der Waals surface area contributed by atoms with Crippen molar-refractivity contribution in [3.63, 3.8) is 0 Å². The van der Waals surface area contributed by atoms with E-state index in [2.05, 4.69) is 26.5 Å². The fraction of sp³-hybridized carbons (Fsp3) is 0.478. The van der Waals surface area contributed by atoms with Crippen molar-refractivity contribution < 1.29 is 28.9 Å². The highest BCUT2D eigenvalue weighted by Gasteiger charge is 2.61. The van der Waals surface area contributed by atoms with Crippen molar-refractivity contribution in [3.05, 3.63) is 48.1 Å². The van der Waals surface area contributed by atoms with Crippen molar-refractivity contribution in [2.24, 2.45) is 5.92 Å². The normalized spacial score (nSPS) is 30.6. The number of phenolic OH excluding ortho intramolecular Hbond substituents is 1. The Labute approximate surface area is 171 Å². The van der Waals surface area contributed by atoms with Gasteiger partial charge in [-0.2, -0.15) is 0 Å². The number of carbonyl (C=O) groups excluding carboxylic acids is 2. The van der Waals surface area contributed by atoms with Crippen LogP contribution in [0.1, 0.15) is 46.5 Å². The zero-order valence-corrected chi connectivity index (χ0v) is 17.1. The molecular weight excluding hydrogens is 372 g/mol. The molecule has 1 aromatic carbocycles. The first-order valence-corrected chi connectivity index (χ1v) is 9.90. The molecule has 0 bridgehead atoms. The molecule has 2 fully saturated rings. The predicted octanol–water partition coefficient (Wildman–Crippen LogP) is 4.08. The fourth-order valence-electron chi connectivity index (χ4n) is 3.88. The largest absolute Gasteiger partial charge is 0.508 e. The van der Waals surface area contributed by atoms with Crippen LogP contribution in [0.4, 0.5) is 0 Å². The molecule has 0 aromatic heterocycles. The Morgan fingerprint density at radius 3 is 2.66 bits per heavy atom. The molecule has 4 unspecified atom stereocenters. The molecule has 1 aliphatic carbocycles. The summed E-state index contributed by atoms with van der Waals surface area (Å²) in [5.74, 6) is 0.126. The average Bonchev–Trinajstić information content (AvgIpc) is 3.24. The standard InChI is InChI=1S/C15H20O3.C8H8O3/c1-9-5-4-8-15(3)13(18-15)12-11(7-6-9)10(2)14(16)17-12;1-6(9)11-8-4-2-7(10)3-5-8/h5,11-13H,2,4,6-8H2,1,3H3;2-5,10H,1H3. The van der Waals surface area contributed by atoms with E-state index in [1.54, 1.807) is 0 Å².